The van der Waals surface area contributed by atoms with Gasteiger partial charge in [-0.05, 0) is 26.8 Å². The molecule has 5 nitrogen and oxygen atoms in total. The van der Waals surface area contributed by atoms with Crippen LogP contribution in [0.5, 0.6) is 11.5 Å². The van der Waals surface area contributed by atoms with Crippen LogP contribution in [0.4, 0.5) is 0 Å². The fourth-order valence-electron chi connectivity index (χ4n) is 2.17. The van der Waals surface area contributed by atoms with Gasteiger partial charge >= 0.3 is 0 Å². The van der Waals surface area contributed by atoms with Gasteiger partial charge < -0.3 is 19.1 Å². The Hall–Kier alpha value is -2.01. The lowest BCUT2D eigenvalue weighted by atomic mass is 10.2. The van der Waals surface area contributed by atoms with Crippen LogP contribution in [-0.2, 0) is 13.2 Å². The second-order valence-electron chi connectivity index (χ2n) is 5.01. The summed E-state index contributed by atoms with van der Waals surface area (Å²) in [4.78, 5) is 4.16. The first kappa shape index (κ1) is 15.4. The minimum atomic E-state index is -0.0836. The van der Waals surface area contributed by atoms with Crippen molar-refractivity contribution in [2.75, 3.05) is 6.61 Å². The van der Waals surface area contributed by atoms with Crippen molar-refractivity contribution in [2.45, 2.75) is 40.0 Å². The van der Waals surface area contributed by atoms with Gasteiger partial charge in [0, 0.05) is 11.6 Å². The summed E-state index contributed by atoms with van der Waals surface area (Å²) < 4.78 is 13.5. The van der Waals surface area contributed by atoms with E-state index in [0.717, 1.165) is 11.3 Å². The lowest BCUT2D eigenvalue weighted by molar-refractivity contribution is 0.238. The standard InChI is InChI=1S/C16H22N2O3/c1-4-20-15-7-5-6-13(9-19)16(15)21-10-14-8-17-11-18(14)12(2)3/h5-8,11-12,19H,4,9-10H2,1-3H3. The highest BCUT2D eigenvalue weighted by Crippen LogP contribution is 2.32. The summed E-state index contributed by atoms with van der Waals surface area (Å²) in [6, 6.07) is 5.85. The topological polar surface area (TPSA) is 56.5 Å². The van der Waals surface area contributed by atoms with Crippen LogP contribution >= 0.6 is 0 Å². The Morgan fingerprint density at radius 3 is 2.76 bits per heavy atom. The number of para-hydroxylation sites is 1. The van der Waals surface area contributed by atoms with E-state index in [1.54, 1.807) is 12.5 Å². The SMILES string of the molecule is CCOc1cccc(CO)c1OCc1cncn1C(C)C. The maximum Gasteiger partial charge on any atom is 0.167 e. The molecule has 0 aliphatic carbocycles. The van der Waals surface area contributed by atoms with Crippen molar-refractivity contribution in [2.24, 2.45) is 0 Å². The Balaban J connectivity index is 2.20. The molecule has 2 aromatic rings. The summed E-state index contributed by atoms with van der Waals surface area (Å²) in [5, 5.41) is 9.46. The Kier molecular flexibility index (Phi) is 5.22. The van der Waals surface area contributed by atoms with E-state index in [2.05, 4.69) is 23.4 Å². The molecular formula is C16H22N2O3. The van der Waals surface area contributed by atoms with E-state index in [0.29, 0.717) is 30.8 Å². The first-order valence-electron chi connectivity index (χ1n) is 7.16. The van der Waals surface area contributed by atoms with Gasteiger partial charge in [0.2, 0.25) is 0 Å². The van der Waals surface area contributed by atoms with Crippen LogP contribution in [0.2, 0.25) is 0 Å². The van der Waals surface area contributed by atoms with Crippen LogP contribution in [0.15, 0.2) is 30.7 Å². The van der Waals surface area contributed by atoms with Gasteiger partial charge in [0.25, 0.3) is 0 Å². The number of hydrogen-bond acceptors (Lipinski definition) is 4. The van der Waals surface area contributed by atoms with E-state index in [-0.39, 0.29) is 6.61 Å². The third-order valence-corrected chi connectivity index (χ3v) is 3.20. The number of imidazole rings is 1. The number of aliphatic hydroxyl groups excluding tert-OH is 1. The Labute approximate surface area is 125 Å². The van der Waals surface area contributed by atoms with Crippen LogP contribution in [0.3, 0.4) is 0 Å². The van der Waals surface area contributed by atoms with Gasteiger partial charge in [-0.2, -0.15) is 0 Å². The van der Waals surface area contributed by atoms with Gasteiger partial charge in [0.05, 0.1) is 31.4 Å². The molecule has 0 aliphatic rings. The molecule has 1 aromatic carbocycles. The highest BCUT2D eigenvalue weighted by atomic mass is 16.5. The largest absolute Gasteiger partial charge is 0.490 e. The lowest BCUT2D eigenvalue weighted by Gasteiger charge is -2.16. The van der Waals surface area contributed by atoms with Crippen LogP contribution in [-0.4, -0.2) is 21.3 Å². The highest BCUT2D eigenvalue weighted by Gasteiger charge is 2.12. The first-order chi connectivity index (χ1) is 10.2. The Bertz CT molecular complexity index is 579. The molecule has 0 amide bonds. The number of benzene rings is 1. The first-order valence-corrected chi connectivity index (χ1v) is 7.16. The molecule has 1 aromatic heterocycles. The van der Waals surface area contributed by atoms with Crippen molar-refractivity contribution in [3.8, 4) is 11.5 Å². The molecule has 1 N–H and O–H groups in total. The highest BCUT2D eigenvalue weighted by molar-refractivity contribution is 5.46. The molecule has 5 heteroatoms. The molecule has 0 atom stereocenters. The zero-order valence-electron chi connectivity index (χ0n) is 12.7. The lowest BCUT2D eigenvalue weighted by Crippen LogP contribution is -2.08. The second-order valence-corrected chi connectivity index (χ2v) is 5.01. The van der Waals surface area contributed by atoms with E-state index in [1.807, 2.05) is 25.1 Å². The average molecular weight is 290 g/mol. The Morgan fingerprint density at radius 1 is 1.29 bits per heavy atom. The van der Waals surface area contributed by atoms with Gasteiger partial charge in [-0.25, -0.2) is 4.98 Å². The normalized spacial score (nSPS) is 10.9. The van der Waals surface area contributed by atoms with Crippen molar-refractivity contribution in [3.05, 3.63) is 42.0 Å². The van der Waals surface area contributed by atoms with Crippen molar-refractivity contribution < 1.29 is 14.6 Å². The molecule has 0 bridgehead atoms. The minimum Gasteiger partial charge on any atom is -0.490 e. The van der Waals surface area contributed by atoms with Crippen LogP contribution in [0, 0.1) is 0 Å². The predicted molar refractivity (Wildman–Crippen MR) is 80.5 cm³/mol. The monoisotopic (exact) mass is 290 g/mol. The predicted octanol–water partition coefficient (Wildman–Crippen LogP) is 2.93. The van der Waals surface area contributed by atoms with E-state index in [4.69, 9.17) is 9.47 Å². The number of nitrogens with zero attached hydrogens (tertiary/aromatic N) is 2. The van der Waals surface area contributed by atoms with E-state index in [9.17, 15) is 5.11 Å². The van der Waals surface area contributed by atoms with Gasteiger partial charge in [-0.15, -0.1) is 0 Å². The quantitative estimate of drug-likeness (QED) is 0.852. The van der Waals surface area contributed by atoms with Crippen molar-refractivity contribution >= 4 is 0 Å². The van der Waals surface area contributed by atoms with Crippen molar-refractivity contribution in [1.29, 1.82) is 0 Å². The summed E-state index contributed by atoms with van der Waals surface area (Å²) in [6.07, 6.45) is 3.59. The molecule has 2 rings (SSSR count). The smallest absolute Gasteiger partial charge is 0.167 e. The molecule has 0 spiro atoms. The van der Waals surface area contributed by atoms with Gasteiger partial charge in [0.1, 0.15) is 6.61 Å². The molecule has 1 heterocycles. The maximum atomic E-state index is 9.46. The number of aliphatic hydroxyl groups is 1. The molecule has 0 aliphatic heterocycles. The summed E-state index contributed by atoms with van der Waals surface area (Å²) in [7, 11) is 0. The summed E-state index contributed by atoms with van der Waals surface area (Å²) in [6.45, 7) is 6.96. The number of rotatable bonds is 7. The molecule has 0 unspecified atom stereocenters. The molecular weight excluding hydrogens is 268 g/mol. The van der Waals surface area contributed by atoms with Crippen LogP contribution in [0.1, 0.15) is 38.1 Å². The van der Waals surface area contributed by atoms with Gasteiger partial charge in [-0.1, -0.05) is 12.1 Å². The summed E-state index contributed by atoms with van der Waals surface area (Å²) >= 11 is 0. The minimum absolute atomic E-state index is 0.0836. The fraction of sp³-hybridized carbons (Fsp3) is 0.438. The van der Waals surface area contributed by atoms with Crippen LogP contribution in [0.25, 0.3) is 0 Å². The van der Waals surface area contributed by atoms with Gasteiger partial charge in [-0.3, -0.25) is 0 Å². The molecule has 0 saturated carbocycles. The molecule has 21 heavy (non-hydrogen) atoms. The van der Waals surface area contributed by atoms with Crippen molar-refractivity contribution in [3.63, 3.8) is 0 Å². The third-order valence-electron chi connectivity index (χ3n) is 3.20. The van der Waals surface area contributed by atoms with Gasteiger partial charge in [0.15, 0.2) is 11.5 Å². The fourth-order valence-corrected chi connectivity index (χ4v) is 2.17. The number of ether oxygens (including phenoxy) is 2. The van der Waals surface area contributed by atoms with E-state index in [1.165, 1.54) is 0 Å². The third kappa shape index (κ3) is 3.55. The van der Waals surface area contributed by atoms with Crippen molar-refractivity contribution in [1.82, 2.24) is 9.55 Å². The molecule has 0 fully saturated rings. The van der Waals surface area contributed by atoms with E-state index < -0.39 is 0 Å². The zero-order chi connectivity index (χ0) is 15.2. The zero-order valence-corrected chi connectivity index (χ0v) is 12.7. The molecule has 0 radical (unpaired) electrons. The summed E-state index contributed by atoms with van der Waals surface area (Å²) in [5.41, 5.74) is 1.71. The maximum absolute atomic E-state index is 9.46. The average Bonchev–Trinajstić information content (AvgIpc) is 2.94. The van der Waals surface area contributed by atoms with Crippen LogP contribution < -0.4 is 9.47 Å². The summed E-state index contributed by atoms with van der Waals surface area (Å²) in [5.74, 6) is 1.25. The molecule has 114 valence electrons. The molecule has 0 saturated heterocycles. The second kappa shape index (κ2) is 7.13. The Morgan fingerprint density at radius 2 is 2.10 bits per heavy atom. The number of hydrogen-bond donors (Lipinski definition) is 1. The van der Waals surface area contributed by atoms with E-state index >= 15 is 0 Å². The number of aromatic nitrogens is 2.